The van der Waals surface area contributed by atoms with Gasteiger partial charge in [-0.2, -0.15) is 0 Å². The summed E-state index contributed by atoms with van der Waals surface area (Å²) >= 11 is 0. The lowest BCUT2D eigenvalue weighted by Gasteiger charge is -2.16. The second-order valence-corrected chi connectivity index (χ2v) is 7.06. The molecule has 0 spiro atoms. The topological polar surface area (TPSA) is 26.0 Å². The van der Waals surface area contributed by atoms with E-state index in [1.807, 2.05) is 6.07 Å². The molecule has 2 N–H and O–H groups in total. The van der Waals surface area contributed by atoms with E-state index in [0.717, 1.165) is 12.1 Å². The van der Waals surface area contributed by atoms with Crippen LogP contribution in [0.3, 0.4) is 0 Å². The van der Waals surface area contributed by atoms with Crippen LogP contribution in [0, 0.1) is 0 Å². The smallest absolute Gasteiger partial charge is 0.0317 e. The molecule has 3 aromatic rings. The quantitative estimate of drug-likeness (QED) is 0.570. The van der Waals surface area contributed by atoms with Gasteiger partial charge < -0.3 is 5.73 Å². The van der Waals surface area contributed by atoms with Gasteiger partial charge in [-0.15, -0.1) is 0 Å². The van der Waals surface area contributed by atoms with Gasteiger partial charge in [0.15, 0.2) is 0 Å². The molecule has 124 valence electrons. The summed E-state index contributed by atoms with van der Waals surface area (Å²) in [4.78, 5) is 0. The second-order valence-electron chi connectivity index (χ2n) is 7.06. The molecule has 4 rings (SSSR count). The highest BCUT2D eigenvalue weighted by Crippen LogP contribution is 2.39. The molecule has 0 amide bonds. The first-order valence-corrected chi connectivity index (χ1v) is 8.92. The molecule has 0 aromatic heterocycles. The number of benzene rings is 3. The van der Waals surface area contributed by atoms with Gasteiger partial charge in [-0.1, -0.05) is 74.5 Å². The van der Waals surface area contributed by atoms with Gasteiger partial charge in [0.2, 0.25) is 0 Å². The van der Waals surface area contributed by atoms with Crippen LogP contribution in [-0.4, -0.2) is 0 Å². The Kier molecular flexibility index (Phi) is 3.93. The number of hydrogen-bond donors (Lipinski definition) is 1. The van der Waals surface area contributed by atoms with Crippen LogP contribution in [0.5, 0.6) is 0 Å². The predicted octanol–water partition coefficient (Wildman–Crippen LogP) is 6.05. The summed E-state index contributed by atoms with van der Waals surface area (Å²) in [6.07, 6.45) is 3.25. The maximum absolute atomic E-state index is 6.04. The van der Waals surface area contributed by atoms with E-state index >= 15 is 0 Å². The molecule has 0 unspecified atom stereocenters. The number of allylic oxidation sites excluding steroid dienone is 1. The third kappa shape index (κ3) is 2.87. The molecule has 0 atom stereocenters. The van der Waals surface area contributed by atoms with E-state index in [0.29, 0.717) is 5.92 Å². The third-order valence-corrected chi connectivity index (χ3v) is 5.03. The van der Waals surface area contributed by atoms with Crippen LogP contribution < -0.4 is 5.73 Å². The Morgan fingerprint density at radius 1 is 0.800 bits per heavy atom. The highest BCUT2D eigenvalue weighted by molar-refractivity contribution is 5.91. The number of anilines is 1. The monoisotopic (exact) mass is 325 g/mol. The summed E-state index contributed by atoms with van der Waals surface area (Å²) < 4.78 is 0. The van der Waals surface area contributed by atoms with Gasteiger partial charge in [-0.3, -0.25) is 0 Å². The lowest BCUT2D eigenvalue weighted by atomic mass is 9.88. The summed E-state index contributed by atoms with van der Waals surface area (Å²) in [6, 6.07) is 23.9. The van der Waals surface area contributed by atoms with Crippen molar-refractivity contribution in [2.45, 2.75) is 26.2 Å². The highest BCUT2D eigenvalue weighted by Gasteiger charge is 2.18. The molecule has 0 radical (unpaired) electrons. The van der Waals surface area contributed by atoms with Gasteiger partial charge in [-0.25, -0.2) is 0 Å². The lowest BCUT2D eigenvalue weighted by Crippen LogP contribution is -1.96. The fraction of sp³-hybridized carbons (Fsp3) is 0.167. The van der Waals surface area contributed by atoms with Crippen LogP contribution >= 0.6 is 0 Å². The van der Waals surface area contributed by atoms with E-state index in [9.17, 15) is 0 Å². The van der Waals surface area contributed by atoms with Gasteiger partial charge in [0, 0.05) is 5.69 Å². The van der Waals surface area contributed by atoms with Crippen molar-refractivity contribution in [2.75, 3.05) is 5.73 Å². The van der Waals surface area contributed by atoms with Crippen molar-refractivity contribution in [3.05, 3.63) is 95.1 Å². The van der Waals surface area contributed by atoms with E-state index < -0.39 is 0 Å². The van der Waals surface area contributed by atoms with Crippen molar-refractivity contribution in [3.8, 4) is 11.1 Å². The van der Waals surface area contributed by atoms with Crippen LogP contribution in [0.15, 0.2) is 72.8 Å². The first-order valence-electron chi connectivity index (χ1n) is 8.92. The molecule has 0 fully saturated rings. The molecule has 0 saturated heterocycles. The minimum atomic E-state index is 0.511. The lowest BCUT2D eigenvalue weighted by molar-refractivity contribution is 0.866. The van der Waals surface area contributed by atoms with Crippen molar-refractivity contribution in [1.82, 2.24) is 0 Å². The van der Waals surface area contributed by atoms with Gasteiger partial charge in [0.05, 0.1) is 0 Å². The van der Waals surface area contributed by atoms with Crippen molar-refractivity contribution >= 4 is 11.3 Å². The Hall–Kier alpha value is -2.80. The van der Waals surface area contributed by atoms with E-state index in [1.165, 1.54) is 39.0 Å². The van der Waals surface area contributed by atoms with Gasteiger partial charge in [-0.05, 0) is 63.4 Å². The van der Waals surface area contributed by atoms with Gasteiger partial charge >= 0.3 is 0 Å². The molecule has 1 nitrogen and oxygen atoms in total. The van der Waals surface area contributed by atoms with Crippen LogP contribution in [0.2, 0.25) is 0 Å². The van der Waals surface area contributed by atoms with Crippen LogP contribution in [0.25, 0.3) is 16.7 Å². The fourth-order valence-corrected chi connectivity index (χ4v) is 3.64. The fourth-order valence-electron chi connectivity index (χ4n) is 3.64. The third-order valence-electron chi connectivity index (χ3n) is 5.03. The average Bonchev–Trinajstić information content (AvgIpc) is 2.78. The highest BCUT2D eigenvalue weighted by atomic mass is 14.5. The summed E-state index contributed by atoms with van der Waals surface area (Å²) in [7, 11) is 0. The maximum atomic E-state index is 6.04. The molecule has 25 heavy (non-hydrogen) atoms. The molecule has 0 saturated carbocycles. The standard InChI is InChI=1S/C24H23N/c1-16(2)18-8-12-23-22-13-10-20(25)14-19(22)9-11-21(24(23)15-18)17-6-4-3-5-7-17/h3-8,10-16H,9,25H2,1-2H3. The normalized spacial score (nSPS) is 13.0. The minimum absolute atomic E-state index is 0.511. The number of nitrogens with two attached hydrogens (primary N) is 1. The SMILES string of the molecule is CC(C)c1ccc2c(c1)C(c1ccccc1)=CCc1cc(N)ccc1-2. The van der Waals surface area contributed by atoms with Crippen LogP contribution in [-0.2, 0) is 6.42 Å². The zero-order chi connectivity index (χ0) is 17.4. The zero-order valence-electron chi connectivity index (χ0n) is 14.8. The molecule has 0 bridgehead atoms. The summed E-state index contributed by atoms with van der Waals surface area (Å²) in [5.41, 5.74) is 16.0. The Morgan fingerprint density at radius 3 is 2.32 bits per heavy atom. The van der Waals surface area contributed by atoms with Gasteiger partial charge in [0.25, 0.3) is 0 Å². The number of nitrogen functional groups attached to an aromatic ring is 1. The largest absolute Gasteiger partial charge is 0.399 e. The molecule has 1 heteroatoms. The Labute approximate surface area is 149 Å². The van der Waals surface area contributed by atoms with Crippen LogP contribution in [0.4, 0.5) is 5.69 Å². The maximum Gasteiger partial charge on any atom is 0.0317 e. The Morgan fingerprint density at radius 2 is 1.56 bits per heavy atom. The summed E-state index contributed by atoms with van der Waals surface area (Å²) in [5, 5.41) is 0. The molecule has 1 aliphatic rings. The molecule has 1 aliphatic carbocycles. The first kappa shape index (κ1) is 15.7. The van der Waals surface area contributed by atoms with Crippen LogP contribution in [0.1, 0.15) is 42.0 Å². The molecular weight excluding hydrogens is 302 g/mol. The van der Waals surface area contributed by atoms with Crippen molar-refractivity contribution < 1.29 is 0 Å². The first-order chi connectivity index (χ1) is 12.1. The van der Waals surface area contributed by atoms with E-state index in [1.54, 1.807) is 0 Å². The van der Waals surface area contributed by atoms with Crippen molar-refractivity contribution in [2.24, 2.45) is 0 Å². The summed E-state index contributed by atoms with van der Waals surface area (Å²) in [5.74, 6) is 0.511. The van der Waals surface area contributed by atoms with E-state index in [-0.39, 0.29) is 0 Å². The van der Waals surface area contributed by atoms with Crippen molar-refractivity contribution in [3.63, 3.8) is 0 Å². The minimum Gasteiger partial charge on any atom is -0.399 e. The Balaban J connectivity index is 1.99. The number of hydrogen-bond acceptors (Lipinski definition) is 1. The van der Waals surface area contributed by atoms with Gasteiger partial charge in [0.1, 0.15) is 0 Å². The molecular formula is C24H23N. The average molecular weight is 325 g/mol. The predicted molar refractivity (Wildman–Crippen MR) is 108 cm³/mol. The molecule has 3 aromatic carbocycles. The number of rotatable bonds is 2. The molecule has 0 heterocycles. The van der Waals surface area contributed by atoms with Crippen molar-refractivity contribution in [1.29, 1.82) is 0 Å². The summed E-state index contributed by atoms with van der Waals surface area (Å²) in [6.45, 7) is 4.50. The van der Waals surface area contributed by atoms with E-state index in [2.05, 4.69) is 80.6 Å². The zero-order valence-corrected chi connectivity index (χ0v) is 14.8. The Bertz CT molecular complexity index is 949. The molecule has 0 aliphatic heterocycles. The number of fused-ring (bicyclic) bond motifs is 3. The second kappa shape index (κ2) is 6.25. The van der Waals surface area contributed by atoms with E-state index in [4.69, 9.17) is 5.73 Å².